The van der Waals surface area contributed by atoms with Crippen LogP contribution >= 0.6 is 11.6 Å². The average molecular weight is 583 g/mol. The van der Waals surface area contributed by atoms with Gasteiger partial charge in [-0.3, -0.25) is 9.89 Å². The van der Waals surface area contributed by atoms with E-state index in [4.69, 9.17) is 26.4 Å². The van der Waals surface area contributed by atoms with Gasteiger partial charge in [-0.1, -0.05) is 37.6 Å². The van der Waals surface area contributed by atoms with Gasteiger partial charge in [0, 0.05) is 66.0 Å². The van der Waals surface area contributed by atoms with Gasteiger partial charge < -0.3 is 19.9 Å². The Morgan fingerprint density at radius 2 is 1.88 bits per heavy atom. The van der Waals surface area contributed by atoms with E-state index in [9.17, 15) is 4.79 Å². The highest BCUT2D eigenvalue weighted by Crippen LogP contribution is 2.35. The van der Waals surface area contributed by atoms with Crippen molar-refractivity contribution >= 4 is 40.3 Å². The van der Waals surface area contributed by atoms with Gasteiger partial charge in [0.25, 0.3) is 5.91 Å². The number of hydrogen-bond donors (Lipinski definition) is 2. The number of anilines is 3. The minimum atomic E-state index is -0.272. The summed E-state index contributed by atoms with van der Waals surface area (Å²) in [7, 11) is 0. The molecule has 7 rings (SSSR count). The van der Waals surface area contributed by atoms with E-state index in [1.54, 1.807) is 10.7 Å². The average Bonchev–Trinajstić information content (AvgIpc) is 3.76. The van der Waals surface area contributed by atoms with Crippen molar-refractivity contribution in [1.82, 2.24) is 24.8 Å². The molecule has 214 valence electrons. The van der Waals surface area contributed by atoms with E-state index in [0.29, 0.717) is 36.8 Å². The molecule has 5 aromatic rings. The van der Waals surface area contributed by atoms with Crippen LogP contribution in [0.25, 0.3) is 16.9 Å². The number of nitrogens with zero attached hydrogens (tertiary/aromatic N) is 6. The minimum absolute atomic E-state index is 0.00235. The molecule has 1 fully saturated rings. The molecule has 2 aliphatic rings. The molecule has 11 heteroatoms. The highest BCUT2D eigenvalue weighted by Gasteiger charge is 2.28. The second-order valence-corrected chi connectivity index (χ2v) is 11.4. The number of amides is 1. The van der Waals surface area contributed by atoms with Crippen LogP contribution in [0.3, 0.4) is 0 Å². The Labute approximate surface area is 248 Å². The predicted molar refractivity (Wildman–Crippen MR) is 163 cm³/mol. The molecule has 0 atom stereocenters. The third-order valence-corrected chi connectivity index (χ3v) is 8.13. The molecule has 3 aromatic heterocycles. The van der Waals surface area contributed by atoms with E-state index in [-0.39, 0.29) is 11.8 Å². The molecule has 5 heterocycles. The standard InChI is InChI=1S/C31H31ClN8O2/c1-19(2)28-29(31(41)35-24-4-3-5-25(13-24)38-8-10-42-11-9-38)37-40-26(22-15-33-34-16-22)14-27(36-30(28)40)39-17-20-6-7-23(32)12-21(20)18-39/h3-7,12-16,19H,8-11,17-18H2,1-2H3,(H,33,34)(H,35,41). The second-order valence-electron chi connectivity index (χ2n) is 11.0. The molecule has 0 bridgehead atoms. The maximum absolute atomic E-state index is 13.8. The number of hydrogen-bond acceptors (Lipinski definition) is 7. The fourth-order valence-electron chi connectivity index (χ4n) is 5.80. The zero-order chi connectivity index (χ0) is 28.8. The molecule has 10 nitrogen and oxygen atoms in total. The highest BCUT2D eigenvalue weighted by atomic mass is 35.5. The normalized spacial score (nSPS) is 15.0. The summed E-state index contributed by atoms with van der Waals surface area (Å²) in [5.41, 5.74) is 7.63. The summed E-state index contributed by atoms with van der Waals surface area (Å²) in [5.74, 6) is 0.529. The van der Waals surface area contributed by atoms with Crippen LogP contribution in [0.15, 0.2) is 60.9 Å². The number of rotatable bonds is 6. The van der Waals surface area contributed by atoms with Gasteiger partial charge in [0.15, 0.2) is 11.3 Å². The second kappa shape index (κ2) is 10.8. The van der Waals surface area contributed by atoms with E-state index in [0.717, 1.165) is 53.0 Å². The molecular weight excluding hydrogens is 552 g/mol. The fourth-order valence-corrected chi connectivity index (χ4v) is 5.99. The number of fused-ring (bicyclic) bond motifs is 2. The molecule has 1 saturated heterocycles. The van der Waals surface area contributed by atoms with E-state index in [1.165, 1.54) is 11.1 Å². The van der Waals surface area contributed by atoms with E-state index >= 15 is 0 Å². The monoisotopic (exact) mass is 582 g/mol. The molecule has 0 radical (unpaired) electrons. The number of ether oxygens (including phenoxy) is 1. The lowest BCUT2D eigenvalue weighted by Gasteiger charge is -2.29. The van der Waals surface area contributed by atoms with Crippen LogP contribution in [-0.2, 0) is 17.8 Å². The molecule has 0 unspecified atom stereocenters. The first-order valence-electron chi connectivity index (χ1n) is 14.1. The number of morpholine rings is 1. The topological polar surface area (TPSA) is 104 Å². The molecule has 2 N–H and O–H groups in total. The Morgan fingerprint density at radius 1 is 1.05 bits per heavy atom. The molecule has 2 aliphatic heterocycles. The highest BCUT2D eigenvalue weighted by molar-refractivity contribution is 6.30. The van der Waals surface area contributed by atoms with Gasteiger partial charge in [0.05, 0.1) is 25.1 Å². The van der Waals surface area contributed by atoms with Gasteiger partial charge in [-0.15, -0.1) is 0 Å². The van der Waals surface area contributed by atoms with Gasteiger partial charge in [0.2, 0.25) is 0 Å². The number of aromatic nitrogens is 5. The summed E-state index contributed by atoms with van der Waals surface area (Å²) >= 11 is 6.28. The van der Waals surface area contributed by atoms with Crippen molar-refractivity contribution in [1.29, 1.82) is 0 Å². The first kappa shape index (κ1) is 26.5. The molecule has 0 spiro atoms. The van der Waals surface area contributed by atoms with Crippen molar-refractivity contribution in [3.05, 3.63) is 88.3 Å². The largest absolute Gasteiger partial charge is 0.378 e. The number of carbonyl (C=O) groups excluding carboxylic acids is 1. The van der Waals surface area contributed by atoms with Crippen molar-refractivity contribution < 1.29 is 9.53 Å². The molecular formula is C31H31ClN8O2. The van der Waals surface area contributed by atoms with Crippen molar-refractivity contribution in [2.45, 2.75) is 32.9 Å². The van der Waals surface area contributed by atoms with Crippen LogP contribution in [-0.4, -0.2) is 57.0 Å². The lowest BCUT2D eigenvalue weighted by atomic mass is 10.0. The van der Waals surface area contributed by atoms with Gasteiger partial charge >= 0.3 is 0 Å². The van der Waals surface area contributed by atoms with Gasteiger partial charge in [-0.05, 0) is 47.4 Å². The van der Waals surface area contributed by atoms with Crippen molar-refractivity contribution in [2.24, 2.45) is 0 Å². The Balaban J connectivity index is 1.28. The first-order chi connectivity index (χ1) is 20.4. The molecule has 1 amide bonds. The summed E-state index contributed by atoms with van der Waals surface area (Å²) in [4.78, 5) is 23.4. The predicted octanol–water partition coefficient (Wildman–Crippen LogP) is 5.51. The molecule has 2 aromatic carbocycles. The van der Waals surface area contributed by atoms with E-state index in [2.05, 4.69) is 51.3 Å². The molecule has 42 heavy (non-hydrogen) atoms. The number of benzene rings is 2. The Morgan fingerprint density at radius 3 is 2.67 bits per heavy atom. The Hall–Kier alpha value is -4.41. The summed E-state index contributed by atoms with van der Waals surface area (Å²) in [6.07, 6.45) is 3.58. The van der Waals surface area contributed by atoms with Crippen LogP contribution in [0.1, 0.15) is 46.9 Å². The summed E-state index contributed by atoms with van der Waals surface area (Å²) < 4.78 is 7.26. The lowest BCUT2D eigenvalue weighted by molar-refractivity contribution is 0.102. The number of H-pyrrole nitrogens is 1. The molecule has 0 aliphatic carbocycles. The van der Waals surface area contributed by atoms with E-state index < -0.39 is 0 Å². The Kier molecular flexibility index (Phi) is 6.79. The third kappa shape index (κ3) is 4.86. The summed E-state index contributed by atoms with van der Waals surface area (Å²) in [5, 5.41) is 15.7. The van der Waals surface area contributed by atoms with Crippen LogP contribution in [0, 0.1) is 0 Å². The van der Waals surface area contributed by atoms with Crippen LogP contribution < -0.4 is 15.1 Å². The van der Waals surface area contributed by atoms with Gasteiger partial charge in [-0.25, -0.2) is 9.50 Å². The Bertz CT molecular complexity index is 1780. The number of nitrogens with one attached hydrogen (secondary N) is 2. The van der Waals surface area contributed by atoms with Crippen LogP contribution in [0.4, 0.5) is 17.2 Å². The zero-order valence-electron chi connectivity index (χ0n) is 23.5. The lowest BCUT2D eigenvalue weighted by Crippen LogP contribution is -2.36. The number of halogens is 1. The quantitative estimate of drug-likeness (QED) is 0.272. The minimum Gasteiger partial charge on any atom is -0.378 e. The molecule has 0 saturated carbocycles. The summed E-state index contributed by atoms with van der Waals surface area (Å²) in [6.45, 7) is 8.57. The third-order valence-electron chi connectivity index (χ3n) is 7.89. The zero-order valence-corrected chi connectivity index (χ0v) is 24.2. The maximum atomic E-state index is 13.8. The van der Waals surface area contributed by atoms with E-state index in [1.807, 2.05) is 42.6 Å². The van der Waals surface area contributed by atoms with Gasteiger partial charge in [-0.2, -0.15) is 10.2 Å². The van der Waals surface area contributed by atoms with Crippen LogP contribution in [0.5, 0.6) is 0 Å². The van der Waals surface area contributed by atoms with Crippen molar-refractivity contribution in [2.75, 3.05) is 41.4 Å². The first-order valence-corrected chi connectivity index (χ1v) is 14.5. The summed E-state index contributed by atoms with van der Waals surface area (Å²) in [6, 6.07) is 15.9. The smallest absolute Gasteiger partial charge is 0.276 e. The van der Waals surface area contributed by atoms with Crippen LogP contribution in [0.2, 0.25) is 5.02 Å². The van der Waals surface area contributed by atoms with Crippen molar-refractivity contribution in [3.63, 3.8) is 0 Å². The fraction of sp³-hybridized carbons (Fsp3) is 0.290. The number of aromatic amines is 1. The van der Waals surface area contributed by atoms with Crippen molar-refractivity contribution in [3.8, 4) is 11.3 Å². The maximum Gasteiger partial charge on any atom is 0.276 e. The number of carbonyl (C=O) groups is 1. The SMILES string of the molecule is CC(C)c1c(C(=O)Nc2cccc(N3CCOCC3)c2)nn2c(-c3cn[nH]c3)cc(N3Cc4ccc(Cl)cc4C3)nc12. The van der Waals surface area contributed by atoms with Gasteiger partial charge in [0.1, 0.15) is 5.82 Å².